The molecule has 70 heavy (non-hydrogen) atoms. The first-order valence-electron chi connectivity index (χ1n) is 23.2. The van der Waals surface area contributed by atoms with E-state index in [2.05, 4.69) is 216 Å². The van der Waals surface area contributed by atoms with E-state index in [9.17, 15) is 0 Å². The summed E-state index contributed by atoms with van der Waals surface area (Å²) >= 11 is 3.66. The van der Waals surface area contributed by atoms with E-state index in [0.717, 1.165) is 67.4 Å². The number of thiophene rings is 2. The lowest BCUT2D eigenvalue weighted by Crippen LogP contribution is -2.09. The van der Waals surface area contributed by atoms with E-state index in [1.807, 2.05) is 46.9 Å². The van der Waals surface area contributed by atoms with Crippen molar-refractivity contribution in [2.45, 2.75) is 0 Å². The average Bonchev–Trinajstić information content (AvgIpc) is 4.23. The summed E-state index contributed by atoms with van der Waals surface area (Å²) in [6.45, 7) is 0. The topological polar surface area (TPSA) is 58.5 Å². The zero-order valence-electron chi connectivity index (χ0n) is 37.4. The normalized spacial score (nSPS) is 11.7. The fraction of sp³-hybridized carbons (Fsp3) is 0. The van der Waals surface area contributed by atoms with Gasteiger partial charge in [0.05, 0.1) is 0 Å². The fourth-order valence-corrected chi connectivity index (χ4v) is 12.0. The van der Waals surface area contributed by atoms with E-state index in [0.29, 0.717) is 22.9 Å². The summed E-state index contributed by atoms with van der Waals surface area (Å²) in [7, 11) is 0. The van der Waals surface area contributed by atoms with Gasteiger partial charge in [0.1, 0.15) is 11.0 Å². The van der Waals surface area contributed by atoms with Crippen LogP contribution in [0.15, 0.2) is 239 Å². The molecule has 6 nitrogen and oxygen atoms in total. The molecular formula is C62H38N4O2S2. The van der Waals surface area contributed by atoms with Gasteiger partial charge in [-0.2, -0.15) is 0 Å². The van der Waals surface area contributed by atoms with E-state index in [-0.39, 0.29) is 0 Å². The number of benzene rings is 10. The predicted octanol–water partition coefficient (Wildman–Crippen LogP) is 18.6. The predicted molar refractivity (Wildman–Crippen MR) is 293 cm³/mol. The van der Waals surface area contributed by atoms with Gasteiger partial charge in [0.15, 0.2) is 11.2 Å². The molecule has 0 amide bonds. The number of hydrogen-bond donors (Lipinski definition) is 0. The smallest absolute Gasteiger partial charge is 0.227 e. The number of hydrogen-bond acceptors (Lipinski definition) is 8. The number of aromatic nitrogens is 2. The van der Waals surface area contributed by atoms with Gasteiger partial charge in [-0.05, 0) is 133 Å². The van der Waals surface area contributed by atoms with E-state index in [1.54, 1.807) is 0 Å². The molecular weight excluding hydrogens is 897 g/mol. The van der Waals surface area contributed by atoms with Crippen LogP contribution in [-0.2, 0) is 0 Å². The minimum absolute atomic E-state index is 0.546. The summed E-state index contributed by atoms with van der Waals surface area (Å²) in [5.41, 5.74) is 12.8. The second kappa shape index (κ2) is 16.5. The van der Waals surface area contributed by atoms with Crippen LogP contribution in [0.3, 0.4) is 0 Å². The first kappa shape index (κ1) is 40.3. The van der Waals surface area contributed by atoms with Crippen LogP contribution in [0.25, 0.3) is 96.6 Å². The molecule has 0 aliphatic carbocycles. The largest absolute Gasteiger partial charge is 0.435 e. The lowest BCUT2D eigenvalue weighted by molar-refractivity contribution is 0.616. The maximum atomic E-state index is 6.69. The molecule has 0 saturated carbocycles. The second-order valence-corrected chi connectivity index (χ2v) is 19.5. The van der Waals surface area contributed by atoms with E-state index >= 15 is 0 Å². The summed E-state index contributed by atoms with van der Waals surface area (Å²) in [6, 6.07) is 80.9. The maximum absolute atomic E-state index is 6.69. The monoisotopic (exact) mass is 934 g/mol. The van der Waals surface area contributed by atoms with Gasteiger partial charge in [0.2, 0.25) is 11.8 Å². The lowest BCUT2D eigenvalue weighted by atomic mass is 10.0. The Morgan fingerprint density at radius 3 is 1.11 bits per heavy atom. The molecule has 0 aliphatic heterocycles. The summed E-state index contributed by atoms with van der Waals surface area (Å²) in [6.07, 6.45) is 0. The molecule has 0 saturated heterocycles. The number of oxazole rings is 2. The van der Waals surface area contributed by atoms with Crippen LogP contribution in [0.4, 0.5) is 34.1 Å². The van der Waals surface area contributed by atoms with Crippen molar-refractivity contribution in [1.82, 2.24) is 9.97 Å². The van der Waals surface area contributed by atoms with Gasteiger partial charge in [0, 0.05) is 96.7 Å². The highest BCUT2D eigenvalue weighted by atomic mass is 32.1. The van der Waals surface area contributed by atoms with Crippen molar-refractivity contribution in [3.05, 3.63) is 231 Å². The molecule has 4 aromatic heterocycles. The minimum Gasteiger partial charge on any atom is -0.435 e. The maximum Gasteiger partial charge on any atom is 0.227 e. The highest BCUT2D eigenvalue weighted by Crippen LogP contribution is 2.44. The Balaban J connectivity index is 0.784. The molecule has 0 unspecified atom stereocenters. The summed E-state index contributed by atoms with van der Waals surface area (Å²) < 4.78 is 18.5. The van der Waals surface area contributed by atoms with Crippen LogP contribution >= 0.6 is 22.7 Å². The van der Waals surface area contributed by atoms with Crippen molar-refractivity contribution in [1.29, 1.82) is 0 Å². The third-order valence-electron chi connectivity index (χ3n) is 13.1. The van der Waals surface area contributed by atoms with Gasteiger partial charge in [-0.15, -0.1) is 22.7 Å². The Bertz CT molecular complexity index is 3970. The van der Waals surface area contributed by atoms with Gasteiger partial charge in [0.25, 0.3) is 0 Å². The van der Waals surface area contributed by atoms with E-state index in [4.69, 9.17) is 18.8 Å². The number of fused-ring (bicyclic) bond motifs is 8. The molecule has 0 bridgehead atoms. The molecule has 8 heteroatoms. The van der Waals surface area contributed by atoms with Crippen molar-refractivity contribution in [2.24, 2.45) is 0 Å². The molecule has 330 valence electrons. The Kier molecular flexibility index (Phi) is 9.46. The SMILES string of the molecule is c1ccc(N(c2ccc(-c3nc4cccc(-c5cccc6nc(-c7ccc(N(c8ccccc8)c8ccc9sc%10ccccc%10c9c8)cc7)oc56)c4o3)cc2)c2ccc3sc4ccccc4c3c2)cc1. The van der Waals surface area contributed by atoms with Crippen LogP contribution in [0.2, 0.25) is 0 Å². The Labute approximate surface area is 410 Å². The second-order valence-electron chi connectivity index (χ2n) is 17.3. The minimum atomic E-state index is 0.546. The highest BCUT2D eigenvalue weighted by Gasteiger charge is 2.21. The Morgan fingerprint density at radius 1 is 0.300 bits per heavy atom. The van der Waals surface area contributed by atoms with E-state index < -0.39 is 0 Å². The summed E-state index contributed by atoms with van der Waals surface area (Å²) in [5, 5.41) is 5.07. The molecule has 0 spiro atoms. The molecule has 14 rings (SSSR count). The van der Waals surface area contributed by atoms with Crippen LogP contribution in [0.5, 0.6) is 0 Å². The molecule has 0 aliphatic rings. The molecule has 0 fully saturated rings. The number of nitrogens with zero attached hydrogens (tertiary/aromatic N) is 4. The number of rotatable bonds is 9. The number of anilines is 6. The molecule has 0 N–H and O–H groups in total. The molecule has 4 heterocycles. The zero-order valence-corrected chi connectivity index (χ0v) is 39.0. The molecule has 14 aromatic rings. The van der Waals surface area contributed by atoms with E-state index in [1.165, 1.54) is 40.3 Å². The van der Waals surface area contributed by atoms with Crippen LogP contribution in [-0.4, -0.2) is 9.97 Å². The van der Waals surface area contributed by atoms with Gasteiger partial charge >= 0.3 is 0 Å². The zero-order chi connectivity index (χ0) is 46.1. The average molecular weight is 935 g/mol. The van der Waals surface area contributed by atoms with Crippen LogP contribution in [0, 0.1) is 0 Å². The van der Waals surface area contributed by atoms with Crippen molar-refractivity contribution < 1.29 is 8.83 Å². The van der Waals surface area contributed by atoms with Crippen molar-refractivity contribution in [3.8, 4) is 34.0 Å². The molecule has 0 atom stereocenters. The fourth-order valence-electron chi connectivity index (χ4n) is 9.83. The quantitative estimate of drug-likeness (QED) is 0.144. The Hall–Kier alpha value is -8.82. The first-order chi connectivity index (χ1) is 34.7. The lowest BCUT2D eigenvalue weighted by Gasteiger charge is -2.25. The summed E-state index contributed by atoms with van der Waals surface area (Å²) in [4.78, 5) is 14.6. The Morgan fingerprint density at radius 2 is 0.671 bits per heavy atom. The third kappa shape index (κ3) is 6.84. The standard InChI is InChI=1S/C62H38N4O2S2/c1-3-13-41(14-4-1)65(45-33-35-57-51(37-45)47-17-7-9-23-55(47)69-57)43-29-25-39(26-30-43)61-63-53-21-11-19-49(59(53)67-61)50-20-12-22-54-60(50)68-62(64-54)40-27-31-44(32-28-40)66(42-15-5-2-6-16-42)46-34-36-58-52(38-46)48-18-8-10-24-56(48)70-58/h1-38H. The van der Waals surface area contributed by atoms with Crippen LogP contribution in [0.1, 0.15) is 0 Å². The van der Waals surface area contributed by atoms with Crippen molar-refractivity contribution in [2.75, 3.05) is 9.80 Å². The summed E-state index contributed by atoms with van der Waals surface area (Å²) in [5.74, 6) is 1.09. The molecule has 0 radical (unpaired) electrons. The van der Waals surface area contributed by atoms with Gasteiger partial charge in [-0.25, -0.2) is 9.97 Å². The van der Waals surface area contributed by atoms with Crippen LogP contribution < -0.4 is 9.80 Å². The molecule has 10 aromatic carbocycles. The van der Waals surface area contributed by atoms with Gasteiger partial charge in [-0.3, -0.25) is 0 Å². The van der Waals surface area contributed by atoms with Gasteiger partial charge in [-0.1, -0.05) is 97.1 Å². The highest BCUT2D eigenvalue weighted by molar-refractivity contribution is 7.26. The van der Waals surface area contributed by atoms with Crippen molar-refractivity contribution in [3.63, 3.8) is 0 Å². The number of para-hydroxylation sites is 4. The third-order valence-corrected chi connectivity index (χ3v) is 15.4. The first-order valence-corrected chi connectivity index (χ1v) is 24.8. The van der Waals surface area contributed by atoms with Gasteiger partial charge < -0.3 is 18.6 Å². The van der Waals surface area contributed by atoms with Crippen molar-refractivity contribution >= 4 is 119 Å².